The second kappa shape index (κ2) is 9.08. The Kier molecular flexibility index (Phi) is 5.85. The van der Waals surface area contributed by atoms with Crippen molar-refractivity contribution in [1.29, 1.82) is 0 Å². The van der Waals surface area contributed by atoms with Gasteiger partial charge in [0.1, 0.15) is 0 Å². The number of allylic oxidation sites excluding steroid dienone is 1. The predicted molar refractivity (Wildman–Crippen MR) is 120 cm³/mol. The Bertz CT molecular complexity index is 1160. The van der Waals surface area contributed by atoms with Crippen LogP contribution in [0.25, 0.3) is 11.1 Å². The van der Waals surface area contributed by atoms with Gasteiger partial charge >= 0.3 is 6.01 Å². The van der Waals surface area contributed by atoms with Gasteiger partial charge in [-0.25, -0.2) is 9.50 Å². The SMILES string of the molecule is CCOc1ncc2c(n1)CCCC=C2c1ccn2ncc(C(=O)NC3CCOCC3)c2c1. The molecule has 0 radical (unpaired) electrons. The standard InChI is InChI=1S/C24H27N5O3/c1-2-32-24-25-14-19-18(5-3-4-6-21(19)28-24)16-7-10-29-22(13-16)20(15-26-29)23(30)27-17-8-11-31-12-9-17/h5,7,10,13-15,17H,2-4,6,8-9,11-12H2,1H3,(H,27,30). The van der Waals surface area contributed by atoms with Gasteiger partial charge in [-0.3, -0.25) is 4.79 Å². The Morgan fingerprint density at radius 2 is 2.19 bits per heavy atom. The third kappa shape index (κ3) is 4.10. The first-order chi connectivity index (χ1) is 15.7. The van der Waals surface area contributed by atoms with Gasteiger partial charge in [0.15, 0.2) is 0 Å². The minimum atomic E-state index is -0.0935. The van der Waals surface area contributed by atoms with Gasteiger partial charge in [-0.15, -0.1) is 0 Å². The number of carbonyl (C=O) groups excluding carboxylic acids is 1. The van der Waals surface area contributed by atoms with Crippen molar-refractivity contribution in [3.8, 4) is 6.01 Å². The number of pyridine rings is 1. The van der Waals surface area contributed by atoms with Crippen molar-refractivity contribution < 1.29 is 14.3 Å². The Morgan fingerprint density at radius 1 is 1.31 bits per heavy atom. The molecule has 166 valence electrons. The largest absolute Gasteiger partial charge is 0.464 e. The van der Waals surface area contributed by atoms with Crippen LogP contribution in [-0.4, -0.2) is 51.4 Å². The highest BCUT2D eigenvalue weighted by Gasteiger charge is 2.21. The van der Waals surface area contributed by atoms with Crippen LogP contribution >= 0.6 is 0 Å². The van der Waals surface area contributed by atoms with E-state index in [4.69, 9.17) is 9.47 Å². The van der Waals surface area contributed by atoms with Gasteiger partial charge in [0.2, 0.25) is 0 Å². The van der Waals surface area contributed by atoms with Crippen LogP contribution in [-0.2, 0) is 11.2 Å². The molecule has 1 fully saturated rings. The minimum Gasteiger partial charge on any atom is -0.464 e. The Hall–Kier alpha value is -3.26. The highest BCUT2D eigenvalue weighted by atomic mass is 16.5. The Morgan fingerprint density at radius 3 is 3.03 bits per heavy atom. The molecule has 5 rings (SSSR count). The summed E-state index contributed by atoms with van der Waals surface area (Å²) < 4.78 is 12.6. The summed E-state index contributed by atoms with van der Waals surface area (Å²) >= 11 is 0. The summed E-state index contributed by atoms with van der Waals surface area (Å²) in [5, 5.41) is 7.52. The van der Waals surface area contributed by atoms with Crippen molar-refractivity contribution in [2.75, 3.05) is 19.8 Å². The summed E-state index contributed by atoms with van der Waals surface area (Å²) in [4.78, 5) is 22.0. The molecule has 0 unspecified atom stereocenters. The number of amides is 1. The van der Waals surface area contributed by atoms with Crippen LogP contribution in [0.2, 0.25) is 0 Å². The molecule has 8 nitrogen and oxygen atoms in total. The summed E-state index contributed by atoms with van der Waals surface area (Å²) in [7, 11) is 0. The number of aromatic nitrogens is 4. The molecule has 8 heteroatoms. The van der Waals surface area contributed by atoms with E-state index in [9.17, 15) is 4.79 Å². The lowest BCUT2D eigenvalue weighted by Gasteiger charge is -2.22. The molecule has 1 amide bonds. The summed E-state index contributed by atoms with van der Waals surface area (Å²) in [6, 6.07) is 4.62. The van der Waals surface area contributed by atoms with E-state index in [2.05, 4.69) is 26.5 Å². The first-order valence-electron chi connectivity index (χ1n) is 11.3. The van der Waals surface area contributed by atoms with Crippen LogP contribution in [0.5, 0.6) is 6.01 Å². The smallest absolute Gasteiger partial charge is 0.316 e. The Labute approximate surface area is 186 Å². The van der Waals surface area contributed by atoms with Crippen LogP contribution < -0.4 is 10.1 Å². The molecule has 1 aliphatic heterocycles. The van der Waals surface area contributed by atoms with Crippen LogP contribution in [0.4, 0.5) is 0 Å². The monoisotopic (exact) mass is 433 g/mol. The zero-order valence-corrected chi connectivity index (χ0v) is 18.2. The predicted octanol–water partition coefficient (Wildman–Crippen LogP) is 3.20. The molecule has 1 aliphatic carbocycles. The number of ether oxygens (including phenoxy) is 2. The van der Waals surface area contributed by atoms with Gasteiger partial charge < -0.3 is 14.8 Å². The molecule has 0 spiro atoms. The molecule has 2 aliphatic rings. The summed E-state index contributed by atoms with van der Waals surface area (Å²) in [6.45, 7) is 3.84. The van der Waals surface area contributed by atoms with Crippen molar-refractivity contribution in [3.05, 3.63) is 59.2 Å². The first-order valence-corrected chi connectivity index (χ1v) is 11.3. The molecule has 4 heterocycles. The Balaban J connectivity index is 1.48. The third-order valence-electron chi connectivity index (χ3n) is 6.01. The fourth-order valence-electron chi connectivity index (χ4n) is 4.34. The lowest BCUT2D eigenvalue weighted by atomic mass is 9.98. The third-order valence-corrected chi connectivity index (χ3v) is 6.01. The topological polar surface area (TPSA) is 90.6 Å². The average Bonchev–Trinajstić information content (AvgIpc) is 3.12. The van der Waals surface area contributed by atoms with E-state index in [-0.39, 0.29) is 11.9 Å². The summed E-state index contributed by atoms with van der Waals surface area (Å²) in [6.07, 6.45) is 12.2. The van der Waals surface area contributed by atoms with Crippen molar-refractivity contribution in [3.63, 3.8) is 0 Å². The second-order valence-corrected chi connectivity index (χ2v) is 8.12. The maximum absolute atomic E-state index is 13.0. The second-order valence-electron chi connectivity index (χ2n) is 8.12. The quantitative estimate of drug-likeness (QED) is 0.665. The minimum absolute atomic E-state index is 0.0935. The number of fused-ring (bicyclic) bond motifs is 2. The van der Waals surface area contributed by atoms with Crippen LogP contribution in [0, 0.1) is 0 Å². The highest BCUT2D eigenvalue weighted by Crippen LogP contribution is 2.31. The van der Waals surface area contributed by atoms with Gasteiger partial charge in [-0.1, -0.05) is 6.08 Å². The van der Waals surface area contributed by atoms with E-state index in [1.54, 1.807) is 10.7 Å². The van der Waals surface area contributed by atoms with Crippen molar-refractivity contribution in [2.24, 2.45) is 0 Å². The lowest BCUT2D eigenvalue weighted by Crippen LogP contribution is -2.38. The molecule has 1 N–H and O–H groups in total. The van der Waals surface area contributed by atoms with Gasteiger partial charge in [-0.2, -0.15) is 10.1 Å². The van der Waals surface area contributed by atoms with Crippen LogP contribution in [0.15, 0.2) is 36.8 Å². The maximum Gasteiger partial charge on any atom is 0.316 e. The number of nitrogens with one attached hydrogen (secondary N) is 1. The normalized spacial score (nSPS) is 16.8. The average molecular weight is 434 g/mol. The number of carbonyl (C=O) groups is 1. The molecule has 1 saturated heterocycles. The number of hydrogen-bond donors (Lipinski definition) is 1. The van der Waals surface area contributed by atoms with Gasteiger partial charge in [0, 0.05) is 37.2 Å². The molecule has 0 saturated carbocycles. The molecule has 3 aromatic heterocycles. The van der Waals surface area contributed by atoms with E-state index < -0.39 is 0 Å². The lowest BCUT2D eigenvalue weighted by molar-refractivity contribution is 0.0697. The van der Waals surface area contributed by atoms with Gasteiger partial charge in [-0.05, 0) is 62.3 Å². The van der Waals surface area contributed by atoms with Gasteiger partial charge in [0.25, 0.3) is 5.91 Å². The van der Waals surface area contributed by atoms with Crippen LogP contribution in [0.1, 0.15) is 59.8 Å². The zero-order chi connectivity index (χ0) is 21.9. The van der Waals surface area contributed by atoms with Gasteiger partial charge in [0.05, 0.1) is 29.6 Å². The molecule has 0 atom stereocenters. The molecular weight excluding hydrogens is 406 g/mol. The van der Waals surface area contributed by atoms with E-state index in [0.717, 1.165) is 60.0 Å². The first kappa shape index (κ1) is 20.6. The molecule has 32 heavy (non-hydrogen) atoms. The van der Waals surface area contributed by atoms with E-state index in [0.29, 0.717) is 31.4 Å². The highest BCUT2D eigenvalue weighted by molar-refractivity contribution is 6.01. The van der Waals surface area contributed by atoms with E-state index >= 15 is 0 Å². The number of nitrogens with zero attached hydrogens (tertiary/aromatic N) is 4. The van der Waals surface area contributed by atoms with Crippen molar-refractivity contribution >= 4 is 17.0 Å². The number of rotatable bonds is 5. The maximum atomic E-state index is 13.0. The van der Waals surface area contributed by atoms with E-state index in [1.165, 1.54) is 0 Å². The van der Waals surface area contributed by atoms with E-state index in [1.807, 2.05) is 31.5 Å². The summed E-state index contributed by atoms with van der Waals surface area (Å²) in [5.41, 5.74) is 5.48. The fraction of sp³-hybridized carbons (Fsp3) is 0.417. The molecule has 0 aromatic carbocycles. The number of hydrogen-bond acceptors (Lipinski definition) is 6. The van der Waals surface area contributed by atoms with Crippen LogP contribution in [0.3, 0.4) is 0 Å². The molecular formula is C24H27N5O3. The number of aryl methyl sites for hydroxylation is 1. The van der Waals surface area contributed by atoms with Crippen molar-refractivity contribution in [1.82, 2.24) is 24.9 Å². The molecule has 3 aromatic rings. The summed E-state index contributed by atoms with van der Waals surface area (Å²) in [5.74, 6) is -0.0935. The zero-order valence-electron chi connectivity index (χ0n) is 18.2. The van der Waals surface area contributed by atoms with Crippen molar-refractivity contribution in [2.45, 2.75) is 45.1 Å². The fourth-order valence-corrected chi connectivity index (χ4v) is 4.34. The molecule has 0 bridgehead atoms.